The van der Waals surface area contributed by atoms with E-state index in [2.05, 4.69) is 10.3 Å². The van der Waals surface area contributed by atoms with Crippen LogP contribution in [0.2, 0.25) is 0 Å². The van der Waals surface area contributed by atoms with E-state index in [4.69, 9.17) is 4.74 Å². The van der Waals surface area contributed by atoms with Gasteiger partial charge >= 0.3 is 0 Å². The minimum atomic E-state index is -0.0116. The van der Waals surface area contributed by atoms with Crippen LogP contribution in [0.4, 0.5) is 0 Å². The molecule has 0 radical (unpaired) electrons. The van der Waals surface area contributed by atoms with Crippen LogP contribution in [0.1, 0.15) is 23.5 Å². The lowest BCUT2D eigenvalue weighted by atomic mass is 10.2. The molecule has 24 heavy (non-hydrogen) atoms. The van der Waals surface area contributed by atoms with Gasteiger partial charge in [0.15, 0.2) is 0 Å². The van der Waals surface area contributed by atoms with Gasteiger partial charge in [0.25, 0.3) is 0 Å². The van der Waals surface area contributed by atoms with E-state index in [0.717, 1.165) is 26.9 Å². The van der Waals surface area contributed by atoms with Gasteiger partial charge in [-0.3, -0.25) is 4.79 Å². The van der Waals surface area contributed by atoms with Gasteiger partial charge < -0.3 is 10.1 Å². The first-order chi connectivity index (χ1) is 11.7. The summed E-state index contributed by atoms with van der Waals surface area (Å²) in [6.07, 6.45) is 0.294. The first kappa shape index (κ1) is 16.7. The molecule has 1 unspecified atom stereocenters. The van der Waals surface area contributed by atoms with Crippen LogP contribution >= 0.6 is 22.7 Å². The van der Waals surface area contributed by atoms with Crippen LogP contribution in [0.3, 0.4) is 0 Å². The van der Waals surface area contributed by atoms with E-state index in [1.54, 1.807) is 29.8 Å². The van der Waals surface area contributed by atoms with Crippen molar-refractivity contribution < 1.29 is 9.53 Å². The third-order valence-electron chi connectivity index (χ3n) is 3.58. The molecule has 0 fully saturated rings. The molecule has 124 valence electrons. The van der Waals surface area contributed by atoms with E-state index in [0.29, 0.717) is 6.42 Å². The molecule has 6 heteroatoms. The molecule has 0 saturated heterocycles. The number of benzene rings is 1. The second kappa shape index (κ2) is 7.59. The van der Waals surface area contributed by atoms with Gasteiger partial charge in [0.1, 0.15) is 10.8 Å². The number of thiazole rings is 1. The zero-order valence-electron chi connectivity index (χ0n) is 13.5. The molecule has 1 N–H and O–H groups in total. The Balaban J connectivity index is 1.61. The summed E-state index contributed by atoms with van der Waals surface area (Å²) in [5, 5.41) is 7.88. The highest BCUT2D eigenvalue weighted by Gasteiger charge is 2.13. The maximum Gasteiger partial charge on any atom is 0.226 e. The van der Waals surface area contributed by atoms with Crippen LogP contribution in [-0.4, -0.2) is 18.0 Å². The van der Waals surface area contributed by atoms with Gasteiger partial charge in [0.05, 0.1) is 25.3 Å². The van der Waals surface area contributed by atoms with Gasteiger partial charge in [-0.1, -0.05) is 6.07 Å². The summed E-state index contributed by atoms with van der Waals surface area (Å²) in [4.78, 5) is 17.9. The molecular weight excluding hydrogens is 340 g/mol. The maximum atomic E-state index is 12.2. The van der Waals surface area contributed by atoms with Crippen molar-refractivity contribution in [2.45, 2.75) is 19.4 Å². The Morgan fingerprint density at radius 3 is 2.71 bits per heavy atom. The summed E-state index contributed by atoms with van der Waals surface area (Å²) in [5.74, 6) is 0.806. The van der Waals surface area contributed by atoms with E-state index in [-0.39, 0.29) is 11.9 Å². The van der Waals surface area contributed by atoms with Crippen molar-refractivity contribution in [2.24, 2.45) is 0 Å². The number of nitrogens with one attached hydrogen (secondary N) is 1. The normalized spacial score (nSPS) is 11.9. The van der Waals surface area contributed by atoms with E-state index >= 15 is 0 Å². The predicted octanol–water partition coefficient (Wildman–Crippen LogP) is 4.30. The smallest absolute Gasteiger partial charge is 0.226 e. The Kier molecular flexibility index (Phi) is 5.27. The number of hydrogen-bond donors (Lipinski definition) is 1. The highest BCUT2D eigenvalue weighted by molar-refractivity contribution is 7.13. The largest absolute Gasteiger partial charge is 0.497 e. The molecule has 1 atom stereocenters. The second-order valence-corrected chi connectivity index (χ2v) is 7.19. The molecule has 0 aliphatic rings. The molecule has 0 saturated carbocycles. The van der Waals surface area contributed by atoms with Gasteiger partial charge in [-0.05, 0) is 42.6 Å². The molecule has 3 aromatic rings. The molecule has 4 nitrogen and oxygen atoms in total. The van der Waals surface area contributed by atoms with E-state index in [1.165, 1.54) is 0 Å². The summed E-state index contributed by atoms with van der Waals surface area (Å²) in [5.41, 5.74) is 1.82. The van der Waals surface area contributed by atoms with E-state index in [1.807, 2.05) is 54.1 Å². The molecule has 2 heterocycles. The van der Waals surface area contributed by atoms with Gasteiger partial charge in [0, 0.05) is 15.8 Å². The Labute approximate surface area is 149 Å². The molecule has 1 amide bonds. The number of carbonyl (C=O) groups is 1. The van der Waals surface area contributed by atoms with Crippen molar-refractivity contribution in [2.75, 3.05) is 7.11 Å². The van der Waals surface area contributed by atoms with Gasteiger partial charge in [-0.2, -0.15) is 0 Å². The minimum absolute atomic E-state index is 0.0116. The summed E-state index contributed by atoms with van der Waals surface area (Å²) in [6, 6.07) is 11.8. The van der Waals surface area contributed by atoms with Crippen molar-refractivity contribution in [3.05, 3.63) is 57.7 Å². The monoisotopic (exact) mass is 358 g/mol. The van der Waals surface area contributed by atoms with Crippen LogP contribution in [-0.2, 0) is 11.2 Å². The fourth-order valence-corrected chi connectivity index (χ4v) is 3.88. The van der Waals surface area contributed by atoms with Crippen LogP contribution in [0.25, 0.3) is 10.6 Å². The van der Waals surface area contributed by atoms with Crippen LogP contribution in [0.5, 0.6) is 5.75 Å². The zero-order chi connectivity index (χ0) is 16.9. The Bertz CT molecular complexity index is 795. The zero-order valence-corrected chi connectivity index (χ0v) is 15.1. The summed E-state index contributed by atoms with van der Waals surface area (Å²) >= 11 is 3.19. The third kappa shape index (κ3) is 4.01. The van der Waals surface area contributed by atoms with Crippen LogP contribution in [0.15, 0.2) is 47.2 Å². The first-order valence-corrected chi connectivity index (χ1v) is 9.33. The molecule has 0 aliphatic carbocycles. The minimum Gasteiger partial charge on any atom is -0.497 e. The number of hydrogen-bond acceptors (Lipinski definition) is 5. The first-order valence-electron chi connectivity index (χ1n) is 7.57. The number of amides is 1. The quantitative estimate of drug-likeness (QED) is 0.715. The molecule has 0 bridgehead atoms. The van der Waals surface area contributed by atoms with Gasteiger partial charge in [0.2, 0.25) is 5.91 Å². The van der Waals surface area contributed by atoms with Crippen LogP contribution in [0, 0.1) is 0 Å². The van der Waals surface area contributed by atoms with E-state index in [9.17, 15) is 4.79 Å². The van der Waals surface area contributed by atoms with Crippen LogP contribution < -0.4 is 10.1 Å². The average molecular weight is 358 g/mol. The summed E-state index contributed by atoms with van der Waals surface area (Å²) in [6.45, 7) is 1.99. The number of aromatic nitrogens is 1. The van der Waals surface area contributed by atoms with E-state index < -0.39 is 0 Å². The Morgan fingerprint density at radius 2 is 2.04 bits per heavy atom. The lowest BCUT2D eigenvalue weighted by Gasteiger charge is -2.11. The maximum absolute atomic E-state index is 12.2. The topological polar surface area (TPSA) is 51.2 Å². The lowest BCUT2D eigenvalue weighted by molar-refractivity contribution is -0.121. The summed E-state index contributed by atoms with van der Waals surface area (Å²) < 4.78 is 5.16. The average Bonchev–Trinajstić information content (AvgIpc) is 3.26. The molecule has 2 aromatic heterocycles. The third-order valence-corrected chi connectivity index (χ3v) is 5.57. The number of nitrogens with zero attached hydrogens (tertiary/aromatic N) is 1. The van der Waals surface area contributed by atoms with Crippen molar-refractivity contribution in [3.63, 3.8) is 0 Å². The standard InChI is InChI=1S/C18H18N2O2S2/c1-12(16-4-3-9-23-16)19-17(21)10-14-11-24-18(20-14)13-5-7-15(22-2)8-6-13/h3-9,11-12H,10H2,1-2H3,(H,19,21). The number of rotatable bonds is 6. The Morgan fingerprint density at radius 1 is 1.25 bits per heavy atom. The number of methoxy groups -OCH3 is 1. The fraction of sp³-hybridized carbons (Fsp3) is 0.222. The van der Waals surface area contributed by atoms with Crippen molar-refractivity contribution in [1.82, 2.24) is 10.3 Å². The molecule has 3 rings (SSSR count). The highest BCUT2D eigenvalue weighted by atomic mass is 32.1. The second-order valence-electron chi connectivity index (χ2n) is 5.35. The molecule has 1 aromatic carbocycles. The lowest BCUT2D eigenvalue weighted by Crippen LogP contribution is -2.27. The number of thiophene rings is 1. The number of ether oxygens (including phenoxy) is 1. The van der Waals surface area contributed by atoms with Crippen molar-refractivity contribution in [3.8, 4) is 16.3 Å². The van der Waals surface area contributed by atoms with Crippen molar-refractivity contribution >= 4 is 28.6 Å². The molecule has 0 spiro atoms. The van der Waals surface area contributed by atoms with Gasteiger partial charge in [-0.25, -0.2) is 4.98 Å². The predicted molar refractivity (Wildman–Crippen MR) is 98.7 cm³/mol. The SMILES string of the molecule is COc1ccc(-c2nc(CC(=O)NC(C)c3cccs3)cs2)cc1. The fourth-order valence-electron chi connectivity index (χ4n) is 2.32. The van der Waals surface area contributed by atoms with Crippen molar-refractivity contribution in [1.29, 1.82) is 0 Å². The highest BCUT2D eigenvalue weighted by Crippen LogP contribution is 2.26. The molecular formula is C18H18N2O2S2. The number of carbonyl (C=O) groups excluding carboxylic acids is 1. The Hall–Kier alpha value is -2.18. The summed E-state index contributed by atoms with van der Waals surface area (Å²) in [7, 11) is 1.65. The molecule has 0 aliphatic heterocycles. The van der Waals surface area contributed by atoms with Gasteiger partial charge in [-0.15, -0.1) is 22.7 Å².